The minimum Gasteiger partial charge on any atom is -0.309 e. The van der Waals surface area contributed by atoms with E-state index in [-0.39, 0.29) is 7.43 Å². The smallest absolute Gasteiger partial charge is 0.00224 e. The molecule has 0 rings (SSSR count). The molecule has 0 unspecified atom stereocenters. The Morgan fingerprint density at radius 2 is 0.600 bits per heavy atom. The highest BCUT2D eigenvalue weighted by Gasteiger charge is 1.94. The molecule has 3 nitrogen and oxygen atoms in total. The summed E-state index contributed by atoms with van der Waals surface area (Å²) in [5.74, 6) is 2.53. The SMILES string of the molecule is C.CC(C)CCN(C)C.CC(C)CCN(C)C.CC(C)CCN(C)C. The number of nitrogens with zero attached hydrogens (tertiary/aromatic N) is 3. The van der Waals surface area contributed by atoms with Crippen LogP contribution in [0.15, 0.2) is 0 Å². The van der Waals surface area contributed by atoms with E-state index in [0.717, 1.165) is 17.8 Å². The Morgan fingerprint density at radius 3 is 0.640 bits per heavy atom. The zero-order valence-electron chi connectivity index (χ0n) is 19.3. The van der Waals surface area contributed by atoms with E-state index in [2.05, 4.69) is 98.5 Å². The number of rotatable bonds is 9. The van der Waals surface area contributed by atoms with Gasteiger partial charge >= 0.3 is 0 Å². The summed E-state index contributed by atoms with van der Waals surface area (Å²) in [6.07, 6.45) is 3.94. The molecular formula is C22H55N3. The van der Waals surface area contributed by atoms with Gasteiger partial charge in [-0.3, -0.25) is 0 Å². The quantitative estimate of drug-likeness (QED) is 0.543. The van der Waals surface area contributed by atoms with Crippen molar-refractivity contribution in [2.45, 2.75) is 68.2 Å². The van der Waals surface area contributed by atoms with Crippen molar-refractivity contribution in [1.29, 1.82) is 0 Å². The molecule has 3 heteroatoms. The van der Waals surface area contributed by atoms with Gasteiger partial charge in [-0.25, -0.2) is 0 Å². The standard InChI is InChI=1S/3C7H17N.CH4/c3*1-7(2)5-6-8(3)4;/h3*7H,5-6H2,1-4H3;1H4. The molecule has 0 aliphatic heterocycles. The van der Waals surface area contributed by atoms with Gasteiger partial charge in [0.15, 0.2) is 0 Å². The van der Waals surface area contributed by atoms with Crippen molar-refractivity contribution in [2.24, 2.45) is 17.8 Å². The van der Waals surface area contributed by atoms with E-state index in [1.807, 2.05) is 0 Å². The average Bonchev–Trinajstić information content (AvgIpc) is 2.42. The zero-order chi connectivity index (χ0) is 19.7. The molecule has 0 radical (unpaired) electrons. The fourth-order valence-electron chi connectivity index (χ4n) is 1.55. The van der Waals surface area contributed by atoms with E-state index >= 15 is 0 Å². The molecule has 0 spiro atoms. The van der Waals surface area contributed by atoms with Crippen molar-refractivity contribution >= 4 is 0 Å². The van der Waals surface area contributed by atoms with Crippen LogP contribution in [-0.2, 0) is 0 Å². The summed E-state index contributed by atoms with van der Waals surface area (Å²) in [6.45, 7) is 17.2. The first-order valence-corrected chi connectivity index (χ1v) is 9.82. The van der Waals surface area contributed by atoms with Gasteiger partial charge in [-0.1, -0.05) is 49.0 Å². The minimum atomic E-state index is 0. The average molecular weight is 362 g/mol. The van der Waals surface area contributed by atoms with Crippen LogP contribution in [0.4, 0.5) is 0 Å². The van der Waals surface area contributed by atoms with Crippen LogP contribution in [0, 0.1) is 17.8 Å². The van der Waals surface area contributed by atoms with Crippen molar-refractivity contribution in [3.05, 3.63) is 0 Å². The number of hydrogen-bond acceptors (Lipinski definition) is 3. The first-order chi connectivity index (χ1) is 10.9. The molecule has 0 aliphatic carbocycles. The highest BCUT2D eigenvalue weighted by Crippen LogP contribution is 1.99. The molecular weight excluding hydrogens is 306 g/mol. The van der Waals surface area contributed by atoms with Gasteiger partial charge in [0, 0.05) is 0 Å². The van der Waals surface area contributed by atoms with Crippen LogP contribution in [0.25, 0.3) is 0 Å². The van der Waals surface area contributed by atoms with Gasteiger partial charge in [0.2, 0.25) is 0 Å². The van der Waals surface area contributed by atoms with Crippen LogP contribution in [0.5, 0.6) is 0 Å². The van der Waals surface area contributed by atoms with Crippen LogP contribution in [0.2, 0.25) is 0 Å². The predicted octanol–water partition coefficient (Wildman–Crippen LogP) is 5.42. The highest BCUT2D eigenvalue weighted by atomic mass is 15.1. The van der Waals surface area contributed by atoms with E-state index in [1.165, 1.54) is 38.9 Å². The first-order valence-electron chi connectivity index (χ1n) is 9.82. The van der Waals surface area contributed by atoms with Crippen molar-refractivity contribution in [1.82, 2.24) is 14.7 Å². The topological polar surface area (TPSA) is 9.72 Å². The molecule has 0 N–H and O–H groups in total. The predicted molar refractivity (Wildman–Crippen MR) is 121 cm³/mol. The zero-order valence-corrected chi connectivity index (χ0v) is 19.3. The molecule has 158 valence electrons. The summed E-state index contributed by atoms with van der Waals surface area (Å²) < 4.78 is 0. The molecule has 0 aromatic heterocycles. The van der Waals surface area contributed by atoms with Gasteiger partial charge in [0.05, 0.1) is 0 Å². The van der Waals surface area contributed by atoms with E-state index < -0.39 is 0 Å². The van der Waals surface area contributed by atoms with Gasteiger partial charge in [0.1, 0.15) is 0 Å². The summed E-state index contributed by atoms with van der Waals surface area (Å²) >= 11 is 0. The Bertz CT molecular complexity index is 159. The summed E-state index contributed by atoms with van der Waals surface area (Å²) in [6, 6.07) is 0. The Morgan fingerprint density at radius 1 is 0.440 bits per heavy atom. The molecule has 0 atom stereocenters. The van der Waals surface area contributed by atoms with Gasteiger partial charge in [-0.2, -0.15) is 0 Å². The third kappa shape index (κ3) is 51.6. The minimum absolute atomic E-state index is 0. The summed E-state index contributed by atoms with van der Waals surface area (Å²) in [5, 5.41) is 0. The molecule has 0 saturated heterocycles. The van der Waals surface area contributed by atoms with Crippen molar-refractivity contribution in [3.63, 3.8) is 0 Å². The molecule has 0 aromatic carbocycles. The maximum atomic E-state index is 2.25. The van der Waals surface area contributed by atoms with Crippen LogP contribution in [0.3, 0.4) is 0 Å². The maximum Gasteiger partial charge on any atom is -0.00224 e. The third-order valence-electron chi connectivity index (χ3n) is 3.46. The van der Waals surface area contributed by atoms with Crippen LogP contribution < -0.4 is 0 Å². The lowest BCUT2D eigenvalue weighted by Crippen LogP contribution is -2.14. The second kappa shape index (κ2) is 21.9. The van der Waals surface area contributed by atoms with E-state index in [0.29, 0.717) is 0 Å². The molecule has 0 bridgehead atoms. The van der Waals surface area contributed by atoms with E-state index in [1.54, 1.807) is 0 Å². The fraction of sp³-hybridized carbons (Fsp3) is 1.00. The third-order valence-corrected chi connectivity index (χ3v) is 3.46. The van der Waals surface area contributed by atoms with Crippen LogP contribution in [-0.4, -0.2) is 76.6 Å². The van der Waals surface area contributed by atoms with Crippen LogP contribution in [0.1, 0.15) is 68.2 Å². The molecule has 0 fully saturated rings. The second-order valence-electron chi connectivity index (χ2n) is 8.96. The summed E-state index contributed by atoms with van der Waals surface area (Å²) in [7, 11) is 12.7. The van der Waals surface area contributed by atoms with Gasteiger partial charge in [-0.15, -0.1) is 0 Å². The Kier molecular flexibility index (Phi) is 28.5. The fourth-order valence-corrected chi connectivity index (χ4v) is 1.55. The molecule has 0 heterocycles. The van der Waals surface area contributed by atoms with Gasteiger partial charge < -0.3 is 14.7 Å². The molecule has 0 saturated carbocycles. The van der Waals surface area contributed by atoms with Gasteiger partial charge in [0.25, 0.3) is 0 Å². The molecule has 0 aromatic rings. The molecule has 0 aliphatic rings. The monoisotopic (exact) mass is 361 g/mol. The maximum absolute atomic E-state index is 2.25. The Balaban J connectivity index is -0.000000130. The normalized spacial score (nSPS) is 10.8. The summed E-state index contributed by atoms with van der Waals surface area (Å²) in [5.41, 5.74) is 0. The lowest BCUT2D eigenvalue weighted by atomic mass is 10.1. The highest BCUT2D eigenvalue weighted by molar-refractivity contribution is 4.48. The van der Waals surface area contributed by atoms with Gasteiger partial charge in [-0.05, 0) is 98.9 Å². The van der Waals surface area contributed by atoms with E-state index in [9.17, 15) is 0 Å². The second-order valence-corrected chi connectivity index (χ2v) is 8.96. The van der Waals surface area contributed by atoms with Crippen molar-refractivity contribution in [3.8, 4) is 0 Å². The van der Waals surface area contributed by atoms with Crippen LogP contribution >= 0.6 is 0 Å². The molecule has 25 heavy (non-hydrogen) atoms. The lowest BCUT2D eigenvalue weighted by molar-refractivity contribution is 0.369. The first kappa shape index (κ1) is 32.5. The number of hydrogen-bond donors (Lipinski definition) is 0. The Hall–Kier alpha value is -0.120. The summed E-state index contributed by atoms with van der Waals surface area (Å²) in [4.78, 5) is 6.67. The van der Waals surface area contributed by atoms with Crippen molar-refractivity contribution in [2.75, 3.05) is 61.9 Å². The lowest BCUT2D eigenvalue weighted by Gasteiger charge is -2.10. The largest absolute Gasteiger partial charge is 0.309 e. The van der Waals surface area contributed by atoms with E-state index in [4.69, 9.17) is 0 Å². The molecule has 0 amide bonds. The Labute approximate surface area is 163 Å². The van der Waals surface area contributed by atoms with Crippen molar-refractivity contribution < 1.29 is 0 Å².